The van der Waals surface area contributed by atoms with Crippen LogP contribution in [0.25, 0.3) is 0 Å². The van der Waals surface area contributed by atoms with Crippen molar-refractivity contribution < 1.29 is 9.13 Å². The zero-order valence-corrected chi connectivity index (χ0v) is 12.6. The lowest BCUT2D eigenvalue weighted by molar-refractivity contribution is 0.138. The number of benzene rings is 2. The first-order valence-corrected chi connectivity index (χ1v) is 7.19. The third-order valence-electron chi connectivity index (χ3n) is 4.02. The topological polar surface area (TPSA) is 35.2 Å². The SMILES string of the molecule is Cc1ccc(F)cc1C(N)c1ccc2c(c1)CC(C)(C)O2. The van der Waals surface area contributed by atoms with Crippen LogP contribution >= 0.6 is 0 Å². The molecule has 2 aromatic rings. The summed E-state index contributed by atoms with van der Waals surface area (Å²) in [5, 5.41) is 0. The Bertz CT molecular complexity index is 694. The molecule has 3 rings (SSSR count). The molecule has 3 heteroatoms. The maximum absolute atomic E-state index is 13.5. The Morgan fingerprint density at radius 3 is 2.71 bits per heavy atom. The molecular formula is C18H20FNO. The molecule has 1 aliphatic heterocycles. The first kappa shape index (κ1) is 14.1. The largest absolute Gasteiger partial charge is 0.487 e. The molecule has 0 aromatic heterocycles. The lowest BCUT2D eigenvalue weighted by atomic mass is 9.93. The maximum Gasteiger partial charge on any atom is 0.123 e. The molecule has 1 atom stereocenters. The van der Waals surface area contributed by atoms with Crippen LogP contribution < -0.4 is 10.5 Å². The van der Waals surface area contributed by atoms with Crippen LogP contribution in [0.15, 0.2) is 36.4 Å². The minimum atomic E-state index is -0.324. The summed E-state index contributed by atoms with van der Waals surface area (Å²) in [4.78, 5) is 0. The smallest absolute Gasteiger partial charge is 0.123 e. The molecule has 0 aliphatic carbocycles. The van der Waals surface area contributed by atoms with Crippen molar-refractivity contribution in [1.82, 2.24) is 0 Å². The van der Waals surface area contributed by atoms with Gasteiger partial charge < -0.3 is 10.5 Å². The van der Waals surface area contributed by atoms with Gasteiger partial charge in [0.05, 0.1) is 6.04 Å². The van der Waals surface area contributed by atoms with E-state index in [0.29, 0.717) is 0 Å². The molecule has 1 heterocycles. The molecule has 1 aliphatic rings. The van der Waals surface area contributed by atoms with Gasteiger partial charge in [-0.05, 0) is 61.2 Å². The molecule has 0 radical (unpaired) electrons. The van der Waals surface area contributed by atoms with Gasteiger partial charge >= 0.3 is 0 Å². The van der Waals surface area contributed by atoms with Crippen molar-refractivity contribution in [1.29, 1.82) is 0 Å². The van der Waals surface area contributed by atoms with Crippen molar-refractivity contribution in [3.8, 4) is 5.75 Å². The number of hydrogen-bond acceptors (Lipinski definition) is 2. The van der Waals surface area contributed by atoms with Crippen molar-refractivity contribution >= 4 is 0 Å². The summed E-state index contributed by atoms with van der Waals surface area (Å²) in [6.45, 7) is 6.10. The van der Waals surface area contributed by atoms with Crippen molar-refractivity contribution in [2.24, 2.45) is 5.73 Å². The highest BCUT2D eigenvalue weighted by Gasteiger charge is 2.30. The Morgan fingerprint density at radius 1 is 1.19 bits per heavy atom. The third-order valence-corrected chi connectivity index (χ3v) is 4.02. The minimum absolute atomic E-state index is 0.167. The Kier molecular flexibility index (Phi) is 3.25. The third kappa shape index (κ3) is 2.66. The zero-order valence-electron chi connectivity index (χ0n) is 12.6. The van der Waals surface area contributed by atoms with Gasteiger partial charge in [0.15, 0.2) is 0 Å². The standard InChI is InChI=1S/C18H20FNO/c1-11-4-6-14(19)9-15(11)17(20)12-5-7-16-13(8-12)10-18(2,3)21-16/h4-9,17H,10,20H2,1-3H3. The summed E-state index contributed by atoms with van der Waals surface area (Å²) in [5.74, 6) is 0.670. The molecule has 21 heavy (non-hydrogen) atoms. The fourth-order valence-electron chi connectivity index (χ4n) is 2.95. The predicted octanol–water partition coefficient (Wildman–Crippen LogP) is 3.90. The van der Waals surface area contributed by atoms with Gasteiger partial charge in [-0.25, -0.2) is 4.39 Å². The van der Waals surface area contributed by atoms with E-state index in [1.807, 2.05) is 19.1 Å². The second-order valence-electron chi connectivity index (χ2n) is 6.38. The lowest BCUT2D eigenvalue weighted by Gasteiger charge is -2.17. The van der Waals surface area contributed by atoms with Crippen LogP contribution in [0, 0.1) is 12.7 Å². The number of ether oxygens (including phenoxy) is 1. The highest BCUT2D eigenvalue weighted by atomic mass is 19.1. The molecule has 2 aromatic carbocycles. The number of rotatable bonds is 2. The average Bonchev–Trinajstić information content (AvgIpc) is 2.73. The first-order chi connectivity index (χ1) is 9.85. The van der Waals surface area contributed by atoms with Crippen LogP contribution in [0.5, 0.6) is 5.75 Å². The molecule has 0 saturated heterocycles. The average molecular weight is 285 g/mol. The highest BCUT2D eigenvalue weighted by Crippen LogP contribution is 2.37. The van der Waals surface area contributed by atoms with E-state index in [4.69, 9.17) is 10.5 Å². The molecular weight excluding hydrogens is 265 g/mol. The molecule has 2 N–H and O–H groups in total. The van der Waals surface area contributed by atoms with Crippen LogP contribution in [-0.4, -0.2) is 5.60 Å². The number of halogens is 1. The molecule has 0 spiro atoms. The maximum atomic E-state index is 13.5. The summed E-state index contributed by atoms with van der Waals surface area (Å²) in [5.41, 5.74) is 10.2. The van der Waals surface area contributed by atoms with Crippen LogP contribution in [0.3, 0.4) is 0 Å². The fourth-order valence-corrected chi connectivity index (χ4v) is 2.95. The molecule has 0 fully saturated rings. The fraction of sp³-hybridized carbons (Fsp3) is 0.333. The van der Waals surface area contributed by atoms with E-state index in [0.717, 1.165) is 28.9 Å². The molecule has 2 nitrogen and oxygen atoms in total. The normalized spacial score (nSPS) is 17.2. The van der Waals surface area contributed by atoms with Gasteiger partial charge in [0.25, 0.3) is 0 Å². The van der Waals surface area contributed by atoms with E-state index in [9.17, 15) is 4.39 Å². The van der Waals surface area contributed by atoms with E-state index in [-0.39, 0.29) is 17.5 Å². The molecule has 110 valence electrons. The summed E-state index contributed by atoms with van der Waals surface area (Å²) < 4.78 is 19.3. The second kappa shape index (κ2) is 4.85. The van der Waals surface area contributed by atoms with Crippen LogP contribution in [0.1, 0.15) is 42.1 Å². The van der Waals surface area contributed by atoms with Gasteiger partial charge in [0, 0.05) is 6.42 Å². The summed E-state index contributed by atoms with van der Waals surface area (Å²) in [7, 11) is 0. The van der Waals surface area contributed by atoms with Crippen LogP contribution in [0.4, 0.5) is 4.39 Å². The Balaban J connectivity index is 1.97. The van der Waals surface area contributed by atoms with Gasteiger partial charge in [-0.3, -0.25) is 0 Å². The Morgan fingerprint density at radius 2 is 1.95 bits per heavy atom. The van der Waals surface area contributed by atoms with Crippen molar-refractivity contribution in [2.75, 3.05) is 0 Å². The molecule has 0 bridgehead atoms. The monoisotopic (exact) mass is 285 g/mol. The van der Waals surface area contributed by atoms with Gasteiger partial charge in [-0.1, -0.05) is 18.2 Å². The van der Waals surface area contributed by atoms with Gasteiger partial charge in [0.2, 0.25) is 0 Å². The number of nitrogens with two attached hydrogens (primary N) is 1. The molecule has 0 saturated carbocycles. The van der Waals surface area contributed by atoms with E-state index in [1.54, 1.807) is 6.07 Å². The predicted molar refractivity (Wildman–Crippen MR) is 82.0 cm³/mol. The van der Waals surface area contributed by atoms with Crippen molar-refractivity contribution in [2.45, 2.75) is 38.8 Å². The second-order valence-corrected chi connectivity index (χ2v) is 6.38. The molecule has 1 unspecified atom stereocenters. The minimum Gasteiger partial charge on any atom is -0.487 e. The van der Waals surface area contributed by atoms with E-state index >= 15 is 0 Å². The van der Waals surface area contributed by atoms with Gasteiger partial charge in [-0.15, -0.1) is 0 Å². The van der Waals surface area contributed by atoms with Crippen molar-refractivity contribution in [3.63, 3.8) is 0 Å². The zero-order chi connectivity index (χ0) is 15.2. The summed E-state index contributed by atoms with van der Waals surface area (Å²) in [6, 6.07) is 10.4. The van der Waals surface area contributed by atoms with E-state index in [2.05, 4.69) is 19.9 Å². The van der Waals surface area contributed by atoms with Gasteiger partial charge in [0.1, 0.15) is 17.2 Å². The quantitative estimate of drug-likeness (QED) is 0.908. The lowest BCUT2D eigenvalue weighted by Crippen LogP contribution is -2.24. The Labute approximate surface area is 124 Å². The number of fused-ring (bicyclic) bond motifs is 1. The van der Waals surface area contributed by atoms with E-state index < -0.39 is 0 Å². The van der Waals surface area contributed by atoms with E-state index in [1.165, 1.54) is 17.7 Å². The number of aryl methyl sites for hydroxylation is 1. The Hall–Kier alpha value is -1.87. The van der Waals surface area contributed by atoms with Gasteiger partial charge in [-0.2, -0.15) is 0 Å². The van der Waals surface area contributed by atoms with Crippen LogP contribution in [-0.2, 0) is 6.42 Å². The molecule has 0 amide bonds. The summed E-state index contributed by atoms with van der Waals surface area (Å²) in [6.07, 6.45) is 0.866. The first-order valence-electron chi connectivity index (χ1n) is 7.19. The van der Waals surface area contributed by atoms with Crippen molar-refractivity contribution in [3.05, 3.63) is 64.5 Å². The summed E-state index contributed by atoms with van der Waals surface area (Å²) >= 11 is 0. The van der Waals surface area contributed by atoms with Crippen LogP contribution in [0.2, 0.25) is 0 Å². The highest BCUT2D eigenvalue weighted by molar-refractivity contribution is 5.45. The number of hydrogen-bond donors (Lipinski definition) is 1.